The van der Waals surface area contributed by atoms with Gasteiger partial charge in [0.2, 0.25) is 5.91 Å². The highest BCUT2D eigenvalue weighted by Gasteiger charge is 2.19. The molecular formula is C30H31NO3. The third-order valence-corrected chi connectivity index (χ3v) is 6.12. The van der Waals surface area contributed by atoms with Crippen LogP contribution in [0.15, 0.2) is 65.3 Å². The Hall–Kier alpha value is -3.79. The minimum absolute atomic E-state index is 0.169. The molecular weight excluding hydrogens is 422 g/mol. The quantitative estimate of drug-likeness (QED) is 0.303. The molecule has 0 spiro atoms. The van der Waals surface area contributed by atoms with Crippen LogP contribution in [0.5, 0.6) is 5.75 Å². The first-order valence-electron chi connectivity index (χ1n) is 11.6. The third-order valence-electron chi connectivity index (χ3n) is 6.12. The number of nitrogens with one attached hydrogen (secondary N) is 1. The third kappa shape index (κ3) is 4.62. The van der Waals surface area contributed by atoms with E-state index in [1.165, 1.54) is 5.56 Å². The highest BCUT2D eigenvalue weighted by Crippen LogP contribution is 2.40. The van der Waals surface area contributed by atoms with Gasteiger partial charge < -0.3 is 14.5 Å². The summed E-state index contributed by atoms with van der Waals surface area (Å²) in [5.74, 6) is 0.574. The molecule has 0 aliphatic heterocycles. The Morgan fingerprint density at radius 3 is 2.41 bits per heavy atom. The van der Waals surface area contributed by atoms with Crippen molar-refractivity contribution in [3.8, 4) is 16.9 Å². The van der Waals surface area contributed by atoms with Gasteiger partial charge in [0.25, 0.3) is 0 Å². The van der Waals surface area contributed by atoms with Crippen molar-refractivity contribution in [3.05, 3.63) is 88.7 Å². The Morgan fingerprint density at radius 2 is 1.71 bits per heavy atom. The van der Waals surface area contributed by atoms with Crippen LogP contribution in [-0.4, -0.2) is 12.5 Å². The van der Waals surface area contributed by atoms with E-state index >= 15 is 0 Å². The Labute approximate surface area is 201 Å². The number of furan rings is 1. The van der Waals surface area contributed by atoms with Gasteiger partial charge in [-0.3, -0.25) is 4.79 Å². The summed E-state index contributed by atoms with van der Waals surface area (Å²) in [4.78, 5) is 12.9. The fourth-order valence-electron chi connectivity index (χ4n) is 4.21. The van der Waals surface area contributed by atoms with E-state index in [2.05, 4.69) is 42.6 Å². The molecule has 4 aromatic rings. The van der Waals surface area contributed by atoms with Gasteiger partial charge in [-0.1, -0.05) is 42.0 Å². The van der Waals surface area contributed by atoms with E-state index in [0.717, 1.165) is 61.4 Å². The van der Waals surface area contributed by atoms with Gasteiger partial charge in [0.1, 0.15) is 11.3 Å². The number of hydrogen-bond donors (Lipinski definition) is 1. The first-order valence-corrected chi connectivity index (χ1v) is 11.6. The predicted octanol–water partition coefficient (Wildman–Crippen LogP) is 7.77. The molecule has 4 nitrogen and oxygen atoms in total. The molecule has 0 bridgehead atoms. The summed E-state index contributed by atoms with van der Waals surface area (Å²) in [6, 6.07) is 16.5. The molecule has 0 unspecified atom stereocenters. The number of carbonyl (C=O) groups is 1. The largest absolute Gasteiger partial charge is 0.493 e. The zero-order valence-corrected chi connectivity index (χ0v) is 20.7. The van der Waals surface area contributed by atoms with Gasteiger partial charge in [0, 0.05) is 33.8 Å². The van der Waals surface area contributed by atoms with E-state index in [0.29, 0.717) is 6.61 Å². The molecule has 4 heteroatoms. The molecule has 0 saturated heterocycles. The summed E-state index contributed by atoms with van der Waals surface area (Å²) < 4.78 is 12.0. The maximum atomic E-state index is 12.9. The second kappa shape index (κ2) is 9.60. The summed E-state index contributed by atoms with van der Waals surface area (Å²) >= 11 is 0. The number of fused-ring (bicyclic) bond motifs is 1. The SMILES string of the molecule is CCOc1c(/C(C)=C/C(=O)Nc2cc(C)ccc2C)cc2c(-c3ccc(C)cc3)coc2c1C. The molecule has 34 heavy (non-hydrogen) atoms. The van der Waals surface area contributed by atoms with Gasteiger partial charge >= 0.3 is 0 Å². The normalized spacial score (nSPS) is 11.6. The highest BCUT2D eigenvalue weighted by molar-refractivity contribution is 6.06. The Bertz CT molecular complexity index is 1390. The molecule has 1 aromatic heterocycles. The van der Waals surface area contributed by atoms with E-state index in [-0.39, 0.29) is 5.91 Å². The van der Waals surface area contributed by atoms with Crippen molar-refractivity contribution in [1.29, 1.82) is 0 Å². The van der Waals surface area contributed by atoms with Crippen molar-refractivity contribution in [2.24, 2.45) is 0 Å². The van der Waals surface area contributed by atoms with Crippen LogP contribution >= 0.6 is 0 Å². The van der Waals surface area contributed by atoms with Gasteiger partial charge in [-0.2, -0.15) is 0 Å². The second-order valence-electron chi connectivity index (χ2n) is 8.84. The minimum Gasteiger partial charge on any atom is -0.493 e. The standard InChI is InChI=1S/C30H31NO3/c1-7-33-29-22(6)30-25(26(17-34-30)23-12-9-18(2)10-13-23)16-24(29)21(5)15-28(32)31-27-14-19(3)8-11-20(27)4/h8-17H,7H2,1-6H3,(H,31,32)/b21-15+. The lowest BCUT2D eigenvalue weighted by atomic mass is 9.96. The molecule has 4 rings (SSSR count). The van der Waals surface area contributed by atoms with E-state index < -0.39 is 0 Å². The van der Waals surface area contributed by atoms with Crippen molar-refractivity contribution < 1.29 is 13.9 Å². The zero-order valence-electron chi connectivity index (χ0n) is 20.7. The maximum absolute atomic E-state index is 12.9. The van der Waals surface area contributed by atoms with Crippen LogP contribution in [0.4, 0.5) is 5.69 Å². The summed E-state index contributed by atoms with van der Waals surface area (Å²) in [7, 11) is 0. The predicted molar refractivity (Wildman–Crippen MR) is 140 cm³/mol. The van der Waals surface area contributed by atoms with E-state index in [4.69, 9.17) is 9.15 Å². The van der Waals surface area contributed by atoms with Crippen molar-refractivity contribution in [1.82, 2.24) is 0 Å². The molecule has 1 heterocycles. The number of anilines is 1. The fraction of sp³-hybridized carbons (Fsp3) is 0.233. The molecule has 174 valence electrons. The monoisotopic (exact) mass is 453 g/mol. The molecule has 3 aromatic carbocycles. The van der Waals surface area contributed by atoms with Crippen LogP contribution in [0, 0.1) is 27.7 Å². The first kappa shape index (κ1) is 23.4. The van der Waals surface area contributed by atoms with Crippen LogP contribution in [0.3, 0.4) is 0 Å². The molecule has 0 aliphatic carbocycles. The number of amides is 1. The van der Waals surface area contributed by atoms with Crippen LogP contribution in [-0.2, 0) is 4.79 Å². The maximum Gasteiger partial charge on any atom is 0.248 e. The number of hydrogen-bond acceptors (Lipinski definition) is 3. The van der Waals surface area contributed by atoms with Crippen molar-refractivity contribution in [2.75, 3.05) is 11.9 Å². The number of carbonyl (C=O) groups excluding carboxylic acids is 1. The summed E-state index contributed by atoms with van der Waals surface area (Å²) in [5, 5.41) is 4.02. The second-order valence-corrected chi connectivity index (χ2v) is 8.84. The zero-order chi connectivity index (χ0) is 24.4. The fourth-order valence-corrected chi connectivity index (χ4v) is 4.21. The molecule has 0 saturated carbocycles. The van der Waals surface area contributed by atoms with Crippen molar-refractivity contribution in [3.63, 3.8) is 0 Å². The molecule has 0 atom stereocenters. The van der Waals surface area contributed by atoms with Gasteiger partial charge in [-0.15, -0.1) is 0 Å². The van der Waals surface area contributed by atoms with E-state index in [1.807, 2.05) is 52.8 Å². The molecule has 0 aliphatic rings. The lowest BCUT2D eigenvalue weighted by molar-refractivity contribution is -0.111. The first-order chi connectivity index (χ1) is 16.3. The topological polar surface area (TPSA) is 51.5 Å². The van der Waals surface area contributed by atoms with Gasteiger partial charge in [-0.25, -0.2) is 0 Å². The number of allylic oxidation sites excluding steroid dienone is 1. The molecule has 0 radical (unpaired) electrons. The Balaban J connectivity index is 1.78. The highest BCUT2D eigenvalue weighted by atomic mass is 16.5. The van der Waals surface area contributed by atoms with Crippen LogP contribution in [0.2, 0.25) is 0 Å². The van der Waals surface area contributed by atoms with Crippen molar-refractivity contribution in [2.45, 2.75) is 41.5 Å². The molecule has 1 N–H and O–H groups in total. The average molecular weight is 454 g/mol. The van der Waals surface area contributed by atoms with E-state index in [1.54, 1.807) is 12.3 Å². The van der Waals surface area contributed by atoms with Crippen molar-refractivity contribution >= 4 is 28.1 Å². The lowest BCUT2D eigenvalue weighted by Crippen LogP contribution is -2.10. The molecule has 0 fully saturated rings. The lowest BCUT2D eigenvalue weighted by Gasteiger charge is -2.15. The minimum atomic E-state index is -0.169. The summed E-state index contributed by atoms with van der Waals surface area (Å²) in [5.41, 5.74) is 9.71. The number of aryl methyl sites for hydroxylation is 4. The smallest absolute Gasteiger partial charge is 0.248 e. The Morgan fingerprint density at radius 1 is 1.00 bits per heavy atom. The van der Waals surface area contributed by atoms with Gasteiger partial charge in [0.05, 0.1) is 12.9 Å². The number of ether oxygens (including phenoxy) is 1. The van der Waals surface area contributed by atoms with Crippen LogP contribution < -0.4 is 10.1 Å². The van der Waals surface area contributed by atoms with Gasteiger partial charge in [-0.05, 0) is 75.9 Å². The summed E-state index contributed by atoms with van der Waals surface area (Å²) in [6.45, 7) is 12.5. The number of rotatable bonds is 6. The van der Waals surface area contributed by atoms with Crippen LogP contribution in [0.1, 0.15) is 41.7 Å². The Kier molecular flexibility index (Phi) is 6.60. The van der Waals surface area contributed by atoms with E-state index in [9.17, 15) is 4.79 Å². The number of benzene rings is 3. The van der Waals surface area contributed by atoms with Gasteiger partial charge in [0.15, 0.2) is 0 Å². The van der Waals surface area contributed by atoms with Crippen LogP contribution in [0.25, 0.3) is 27.7 Å². The summed E-state index contributed by atoms with van der Waals surface area (Å²) in [6.07, 6.45) is 3.44. The molecule has 1 amide bonds. The average Bonchev–Trinajstić information content (AvgIpc) is 3.23.